The Hall–Kier alpha value is -1.27. The van der Waals surface area contributed by atoms with Crippen LogP contribution in [0.4, 0.5) is 11.4 Å². The van der Waals surface area contributed by atoms with E-state index in [1.54, 1.807) is 10.4 Å². The zero-order valence-corrected chi connectivity index (χ0v) is 12.4. The van der Waals surface area contributed by atoms with Crippen molar-refractivity contribution in [3.8, 4) is 0 Å². The summed E-state index contributed by atoms with van der Waals surface area (Å²) in [4.78, 5) is 0. The highest BCUT2D eigenvalue weighted by molar-refractivity contribution is 7.90. The summed E-state index contributed by atoms with van der Waals surface area (Å²) >= 11 is 0. The molecule has 1 aromatic carbocycles. The van der Waals surface area contributed by atoms with Crippen LogP contribution in [0, 0.1) is 0 Å². The molecule has 1 aromatic rings. The Morgan fingerprint density at radius 1 is 1.00 bits per heavy atom. The largest absolute Gasteiger partial charge is 0.397 e. The van der Waals surface area contributed by atoms with Gasteiger partial charge >= 0.3 is 10.2 Å². The fraction of sp³-hybridized carbons (Fsp3) is 0.571. The summed E-state index contributed by atoms with van der Waals surface area (Å²) in [5.41, 5.74) is 8.27. The molecule has 0 aliphatic carbocycles. The Morgan fingerprint density at radius 3 is 2.40 bits per heavy atom. The minimum Gasteiger partial charge on any atom is -0.397 e. The second kappa shape index (κ2) is 5.26. The van der Waals surface area contributed by atoms with E-state index in [0.717, 1.165) is 37.7 Å². The van der Waals surface area contributed by atoms with Gasteiger partial charge < -0.3 is 5.73 Å². The lowest BCUT2D eigenvalue weighted by atomic mass is 10.1. The average Bonchev–Trinajstić information content (AvgIpc) is 2.68. The zero-order chi connectivity index (χ0) is 14.2. The summed E-state index contributed by atoms with van der Waals surface area (Å²) in [5.74, 6) is 0. The minimum atomic E-state index is -3.43. The van der Waals surface area contributed by atoms with Crippen molar-refractivity contribution in [2.45, 2.75) is 32.1 Å². The number of nitrogens with zero attached hydrogens (tertiary/aromatic N) is 2. The van der Waals surface area contributed by atoms with Gasteiger partial charge in [0.1, 0.15) is 0 Å². The Balaban J connectivity index is 1.94. The number of nitrogens with two attached hydrogens (primary N) is 1. The van der Waals surface area contributed by atoms with Crippen LogP contribution in [-0.4, -0.2) is 32.4 Å². The van der Waals surface area contributed by atoms with E-state index in [4.69, 9.17) is 5.73 Å². The molecule has 5 nitrogen and oxygen atoms in total. The molecule has 0 spiro atoms. The summed E-state index contributed by atoms with van der Waals surface area (Å²) in [6.07, 6.45) is 4.87. The van der Waals surface area contributed by atoms with E-state index in [-0.39, 0.29) is 0 Å². The summed E-state index contributed by atoms with van der Waals surface area (Å²) in [7, 11) is -3.43. The fourth-order valence-electron chi connectivity index (χ4n) is 3.09. The number of hydrogen-bond acceptors (Lipinski definition) is 3. The maximum atomic E-state index is 12.9. The molecular formula is C14H21N3O2S. The van der Waals surface area contributed by atoms with E-state index >= 15 is 0 Å². The first-order valence-electron chi connectivity index (χ1n) is 7.26. The maximum absolute atomic E-state index is 12.9. The molecule has 6 heteroatoms. The first kappa shape index (κ1) is 13.7. The molecule has 0 radical (unpaired) electrons. The van der Waals surface area contributed by atoms with Crippen molar-refractivity contribution in [3.05, 3.63) is 23.8 Å². The van der Waals surface area contributed by atoms with E-state index in [1.165, 1.54) is 4.31 Å². The van der Waals surface area contributed by atoms with Gasteiger partial charge in [-0.25, -0.2) is 0 Å². The topological polar surface area (TPSA) is 66.6 Å². The van der Waals surface area contributed by atoms with E-state index in [9.17, 15) is 8.42 Å². The molecule has 1 saturated heterocycles. The molecule has 2 aliphatic rings. The van der Waals surface area contributed by atoms with Crippen molar-refractivity contribution in [3.63, 3.8) is 0 Å². The van der Waals surface area contributed by atoms with Gasteiger partial charge in [-0.3, -0.25) is 4.31 Å². The van der Waals surface area contributed by atoms with Crippen LogP contribution in [0.3, 0.4) is 0 Å². The van der Waals surface area contributed by atoms with E-state index in [2.05, 4.69) is 0 Å². The third-order valence-corrected chi connectivity index (χ3v) is 6.09. The zero-order valence-electron chi connectivity index (χ0n) is 11.6. The average molecular weight is 295 g/mol. The number of nitrogen functional groups attached to an aromatic ring is 1. The van der Waals surface area contributed by atoms with E-state index in [1.807, 2.05) is 12.1 Å². The molecule has 20 heavy (non-hydrogen) atoms. The number of benzene rings is 1. The van der Waals surface area contributed by atoms with Crippen LogP contribution in [0.5, 0.6) is 0 Å². The quantitative estimate of drug-likeness (QED) is 0.845. The molecule has 0 saturated carbocycles. The third-order valence-electron chi connectivity index (χ3n) is 4.15. The molecule has 0 bridgehead atoms. The smallest absolute Gasteiger partial charge is 0.304 e. The van der Waals surface area contributed by atoms with Crippen molar-refractivity contribution in [1.82, 2.24) is 4.31 Å². The number of anilines is 2. The Morgan fingerprint density at radius 2 is 1.70 bits per heavy atom. The van der Waals surface area contributed by atoms with Gasteiger partial charge in [0.05, 0.1) is 11.4 Å². The minimum absolute atomic E-state index is 0.502. The molecule has 0 aromatic heterocycles. The van der Waals surface area contributed by atoms with Crippen LogP contribution in [-0.2, 0) is 16.6 Å². The highest BCUT2D eigenvalue weighted by Crippen LogP contribution is 2.36. The predicted octanol–water partition coefficient (Wildman–Crippen LogP) is 1.75. The Labute approximate surface area is 120 Å². The number of fused-ring (bicyclic) bond motifs is 1. The van der Waals surface area contributed by atoms with Crippen molar-refractivity contribution < 1.29 is 8.42 Å². The summed E-state index contributed by atoms with van der Waals surface area (Å²) in [5, 5.41) is 0. The molecule has 2 heterocycles. The first-order chi connectivity index (χ1) is 9.60. The lowest BCUT2D eigenvalue weighted by molar-refractivity contribution is 0.421. The maximum Gasteiger partial charge on any atom is 0.304 e. The lowest BCUT2D eigenvalue weighted by Gasteiger charge is -2.28. The van der Waals surface area contributed by atoms with Crippen molar-refractivity contribution >= 4 is 21.6 Å². The van der Waals surface area contributed by atoms with Crippen LogP contribution in [0.25, 0.3) is 0 Å². The van der Waals surface area contributed by atoms with Crippen molar-refractivity contribution in [1.29, 1.82) is 0 Å². The molecule has 1 fully saturated rings. The second-order valence-electron chi connectivity index (χ2n) is 5.50. The molecular weight excluding hydrogens is 274 g/mol. The third kappa shape index (κ3) is 2.27. The molecule has 110 valence electrons. The number of para-hydroxylation sites is 1. The van der Waals surface area contributed by atoms with Gasteiger partial charge in [-0.2, -0.15) is 12.7 Å². The van der Waals surface area contributed by atoms with Gasteiger partial charge in [-0.1, -0.05) is 25.0 Å². The first-order valence-corrected chi connectivity index (χ1v) is 8.65. The number of hydrogen-bond donors (Lipinski definition) is 1. The van der Waals surface area contributed by atoms with Crippen LogP contribution in [0.1, 0.15) is 31.2 Å². The van der Waals surface area contributed by atoms with Gasteiger partial charge in [0.2, 0.25) is 0 Å². The summed E-state index contributed by atoms with van der Waals surface area (Å²) in [6, 6.07) is 5.62. The van der Waals surface area contributed by atoms with Crippen molar-refractivity contribution in [2.75, 3.05) is 29.7 Å². The molecule has 2 aliphatic heterocycles. The molecule has 0 amide bonds. The number of rotatable bonds is 2. The van der Waals surface area contributed by atoms with E-state index < -0.39 is 10.2 Å². The standard InChI is InChI=1S/C14H21N3O2S/c15-13-7-5-6-12-8-11-17(14(12)13)20(18,19)16-9-3-1-2-4-10-16/h5-7H,1-4,8-11,15H2. The molecule has 0 unspecified atom stereocenters. The van der Waals surface area contributed by atoms with Gasteiger partial charge in [0, 0.05) is 19.6 Å². The Bertz CT molecular complexity index is 592. The fourth-order valence-corrected chi connectivity index (χ4v) is 4.87. The molecule has 2 N–H and O–H groups in total. The second-order valence-corrected chi connectivity index (χ2v) is 7.35. The van der Waals surface area contributed by atoms with Crippen LogP contribution < -0.4 is 10.0 Å². The van der Waals surface area contributed by atoms with Crippen molar-refractivity contribution in [2.24, 2.45) is 0 Å². The van der Waals surface area contributed by atoms with Crippen LogP contribution in [0.15, 0.2) is 18.2 Å². The van der Waals surface area contributed by atoms with Gasteiger partial charge in [0.25, 0.3) is 0 Å². The highest BCUT2D eigenvalue weighted by Gasteiger charge is 2.35. The van der Waals surface area contributed by atoms with Gasteiger partial charge in [0.15, 0.2) is 0 Å². The Kier molecular flexibility index (Phi) is 3.60. The highest BCUT2D eigenvalue weighted by atomic mass is 32.2. The van der Waals surface area contributed by atoms with Gasteiger partial charge in [-0.05, 0) is 30.9 Å². The van der Waals surface area contributed by atoms with E-state index in [0.29, 0.717) is 31.0 Å². The lowest BCUT2D eigenvalue weighted by Crippen LogP contribution is -2.43. The van der Waals surface area contributed by atoms with Crippen LogP contribution in [0.2, 0.25) is 0 Å². The SMILES string of the molecule is Nc1cccc2c1N(S(=O)(=O)N1CCCCCC1)CC2. The monoisotopic (exact) mass is 295 g/mol. The predicted molar refractivity (Wildman–Crippen MR) is 80.9 cm³/mol. The molecule has 0 atom stereocenters. The summed E-state index contributed by atoms with van der Waals surface area (Å²) < 4.78 is 28.8. The summed E-state index contributed by atoms with van der Waals surface area (Å²) in [6.45, 7) is 1.75. The normalized spacial score (nSPS) is 20.7. The molecule has 3 rings (SSSR count). The van der Waals surface area contributed by atoms with Gasteiger partial charge in [-0.15, -0.1) is 0 Å². The van der Waals surface area contributed by atoms with Crippen LogP contribution >= 0.6 is 0 Å².